The Morgan fingerprint density at radius 3 is 1.40 bits per heavy atom. The van der Waals surface area contributed by atoms with Gasteiger partial charge in [0.15, 0.2) is 0 Å². The fourth-order valence-corrected chi connectivity index (χ4v) is 8.19. The Hall–Kier alpha value is -7.22. The smallest absolute Gasteiger partial charge is 0.0468 e. The predicted molar refractivity (Wildman–Crippen MR) is 235 cm³/mol. The third-order valence-corrected chi connectivity index (χ3v) is 10.9. The number of benzene rings is 10. The van der Waals surface area contributed by atoms with Crippen molar-refractivity contribution in [1.82, 2.24) is 0 Å². The zero-order valence-corrected chi connectivity index (χ0v) is 30.3. The summed E-state index contributed by atoms with van der Waals surface area (Å²) in [7, 11) is 0. The first-order valence-corrected chi connectivity index (χ1v) is 18.9. The zero-order valence-electron chi connectivity index (χ0n) is 30.3. The minimum absolute atomic E-state index is 1.09. The van der Waals surface area contributed by atoms with Crippen LogP contribution in [-0.4, -0.2) is 0 Å². The zero-order chi connectivity index (χ0) is 36.6. The highest BCUT2D eigenvalue weighted by Gasteiger charge is 2.19. The normalized spacial score (nSPS) is 11.3. The van der Waals surface area contributed by atoms with Crippen molar-refractivity contribution in [3.63, 3.8) is 0 Å². The molecule has 0 amide bonds. The lowest BCUT2D eigenvalue weighted by Gasteiger charge is -2.28. The van der Waals surface area contributed by atoms with E-state index >= 15 is 0 Å². The topological polar surface area (TPSA) is 3.24 Å². The number of anilines is 3. The van der Waals surface area contributed by atoms with Crippen LogP contribution in [0.4, 0.5) is 17.1 Å². The number of hydrogen-bond acceptors (Lipinski definition) is 1. The molecule has 0 aliphatic heterocycles. The standard InChI is InChI=1S/C54H37N/c1-3-14-38(15-4-1)49-22-11-12-24-52(49)54-37-46(34-35-51(54)39-16-5-2-6-17-39)55(45-33-30-43-27-26-41-19-8-10-23-50(41)53(43)36-45)44-31-28-42(29-32-44)48-25-13-20-40-18-7-9-21-47(40)48/h1-37H. The summed E-state index contributed by atoms with van der Waals surface area (Å²) in [6.45, 7) is 0. The molecule has 0 unspecified atom stereocenters. The van der Waals surface area contributed by atoms with Crippen LogP contribution in [0.2, 0.25) is 0 Å². The second kappa shape index (κ2) is 14.0. The van der Waals surface area contributed by atoms with E-state index in [0.29, 0.717) is 0 Å². The van der Waals surface area contributed by atoms with Gasteiger partial charge in [-0.1, -0.05) is 188 Å². The molecule has 0 saturated heterocycles. The van der Waals surface area contributed by atoms with Gasteiger partial charge in [0.2, 0.25) is 0 Å². The summed E-state index contributed by atoms with van der Waals surface area (Å²) in [4.78, 5) is 2.41. The lowest BCUT2D eigenvalue weighted by molar-refractivity contribution is 1.29. The van der Waals surface area contributed by atoms with Crippen LogP contribution in [0.1, 0.15) is 0 Å². The first-order valence-electron chi connectivity index (χ1n) is 18.9. The van der Waals surface area contributed by atoms with E-state index in [1.165, 1.54) is 76.8 Å². The van der Waals surface area contributed by atoms with Crippen LogP contribution in [0.15, 0.2) is 224 Å². The molecule has 0 atom stereocenters. The van der Waals surface area contributed by atoms with Crippen molar-refractivity contribution in [2.24, 2.45) is 0 Å². The van der Waals surface area contributed by atoms with E-state index in [0.717, 1.165) is 17.1 Å². The summed E-state index contributed by atoms with van der Waals surface area (Å²) >= 11 is 0. The molecule has 55 heavy (non-hydrogen) atoms. The molecule has 0 saturated carbocycles. The number of nitrogens with zero attached hydrogens (tertiary/aromatic N) is 1. The third kappa shape index (κ3) is 6.02. The first-order chi connectivity index (χ1) is 27.3. The van der Waals surface area contributed by atoms with Crippen LogP contribution in [0.5, 0.6) is 0 Å². The molecule has 0 aliphatic rings. The van der Waals surface area contributed by atoms with Gasteiger partial charge < -0.3 is 4.90 Å². The largest absolute Gasteiger partial charge is 0.310 e. The van der Waals surface area contributed by atoms with E-state index in [9.17, 15) is 0 Å². The SMILES string of the molecule is c1ccc(-c2ccccc2-c2cc(N(c3ccc(-c4cccc5ccccc45)cc3)c3ccc4ccc5ccccc5c4c3)ccc2-c2ccccc2)cc1. The van der Waals surface area contributed by atoms with Crippen LogP contribution < -0.4 is 4.90 Å². The van der Waals surface area contributed by atoms with Gasteiger partial charge in [0, 0.05) is 17.1 Å². The van der Waals surface area contributed by atoms with E-state index in [1.807, 2.05) is 0 Å². The van der Waals surface area contributed by atoms with Gasteiger partial charge in [0.1, 0.15) is 0 Å². The molecule has 0 heterocycles. The Balaban J connectivity index is 1.20. The maximum absolute atomic E-state index is 2.41. The van der Waals surface area contributed by atoms with E-state index in [-0.39, 0.29) is 0 Å². The average molecular weight is 700 g/mol. The van der Waals surface area contributed by atoms with E-state index in [4.69, 9.17) is 0 Å². The molecule has 10 rings (SSSR count). The summed E-state index contributed by atoms with van der Waals surface area (Å²) in [6.07, 6.45) is 0. The minimum atomic E-state index is 1.09. The van der Waals surface area contributed by atoms with Gasteiger partial charge in [-0.15, -0.1) is 0 Å². The highest BCUT2D eigenvalue weighted by atomic mass is 15.1. The Kier molecular flexibility index (Phi) is 8.24. The third-order valence-electron chi connectivity index (χ3n) is 10.9. The fourth-order valence-electron chi connectivity index (χ4n) is 8.19. The molecule has 0 fully saturated rings. The van der Waals surface area contributed by atoms with Crippen LogP contribution in [0, 0.1) is 0 Å². The van der Waals surface area contributed by atoms with Gasteiger partial charge in [0.05, 0.1) is 0 Å². The van der Waals surface area contributed by atoms with Gasteiger partial charge in [-0.25, -0.2) is 0 Å². The molecule has 0 radical (unpaired) electrons. The molecule has 258 valence electrons. The van der Waals surface area contributed by atoms with Crippen LogP contribution >= 0.6 is 0 Å². The summed E-state index contributed by atoms with van der Waals surface area (Å²) in [5, 5.41) is 7.47. The monoisotopic (exact) mass is 699 g/mol. The molecule has 0 aromatic heterocycles. The van der Waals surface area contributed by atoms with Gasteiger partial charge in [-0.2, -0.15) is 0 Å². The van der Waals surface area contributed by atoms with E-state index in [2.05, 4.69) is 229 Å². The highest BCUT2D eigenvalue weighted by Crippen LogP contribution is 2.44. The summed E-state index contributed by atoms with van der Waals surface area (Å²) < 4.78 is 0. The number of hydrogen-bond donors (Lipinski definition) is 0. The Morgan fingerprint density at radius 1 is 0.218 bits per heavy atom. The predicted octanol–water partition coefficient (Wildman–Crippen LogP) is 15.3. The number of rotatable bonds is 7. The highest BCUT2D eigenvalue weighted by molar-refractivity contribution is 6.09. The summed E-state index contributed by atoms with van der Waals surface area (Å²) in [6, 6.07) is 81.5. The van der Waals surface area contributed by atoms with Gasteiger partial charge >= 0.3 is 0 Å². The second-order valence-corrected chi connectivity index (χ2v) is 14.1. The molecular weight excluding hydrogens is 663 g/mol. The van der Waals surface area contributed by atoms with Crippen molar-refractivity contribution >= 4 is 49.4 Å². The summed E-state index contributed by atoms with van der Waals surface area (Å²) in [5.74, 6) is 0. The van der Waals surface area contributed by atoms with E-state index in [1.54, 1.807) is 0 Å². The molecule has 0 N–H and O–H groups in total. The lowest BCUT2D eigenvalue weighted by Crippen LogP contribution is -2.10. The lowest BCUT2D eigenvalue weighted by atomic mass is 9.89. The molecule has 1 heteroatoms. The minimum Gasteiger partial charge on any atom is -0.310 e. The molecule has 10 aromatic rings. The maximum Gasteiger partial charge on any atom is 0.0468 e. The van der Waals surface area contributed by atoms with Crippen molar-refractivity contribution in [1.29, 1.82) is 0 Å². The molecule has 1 nitrogen and oxygen atoms in total. The first kappa shape index (κ1) is 32.4. The van der Waals surface area contributed by atoms with E-state index < -0.39 is 0 Å². The van der Waals surface area contributed by atoms with Crippen molar-refractivity contribution < 1.29 is 0 Å². The number of fused-ring (bicyclic) bond motifs is 4. The molecule has 0 spiro atoms. The van der Waals surface area contributed by atoms with Crippen LogP contribution in [0.25, 0.3) is 76.8 Å². The molecule has 10 aromatic carbocycles. The average Bonchev–Trinajstić information content (AvgIpc) is 3.27. The van der Waals surface area contributed by atoms with Crippen LogP contribution in [-0.2, 0) is 0 Å². The Labute approximate surface area is 322 Å². The molecular formula is C54H37N. The van der Waals surface area contributed by atoms with Gasteiger partial charge in [-0.3, -0.25) is 0 Å². The van der Waals surface area contributed by atoms with Crippen molar-refractivity contribution in [2.45, 2.75) is 0 Å². The van der Waals surface area contributed by atoms with Crippen molar-refractivity contribution in [3.8, 4) is 44.5 Å². The maximum atomic E-state index is 2.41. The fraction of sp³-hybridized carbons (Fsp3) is 0. The second-order valence-electron chi connectivity index (χ2n) is 14.1. The van der Waals surface area contributed by atoms with Crippen molar-refractivity contribution in [2.75, 3.05) is 4.90 Å². The quantitative estimate of drug-likeness (QED) is 0.150. The van der Waals surface area contributed by atoms with Gasteiger partial charge in [0.25, 0.3) is 0 Å². The van der Waals surface area contributed by atoms with Crippen molar-refractivity contribution in [3.05, 3.63) is 224 Å². The Bertz CT molecular complexity index is 2960. The molecule has 0 aliphatic carbocycles. The van der Waals surface area contributed by atoms with Gasteiger partial charge in [-0.05, 0) is 113 Å². The Morgan fingerprint density at radius 2 is 0.673 bits per heavy atom. The van der Waals surface area contributed by atoms with Crippen LogP contribution in [0.3, 0.4) is 0 Å². The molecule has 0 bridgehead atoms. The summed E-state index contributed by atoms with van der Waals surface area (Å²) in [5.41, 5.74) is 12.9.